The first kappa shape index (κ1) is 17.5. The summed E-state index contributed by atoms with van der Waals surface area (Å²) in [5.74, 6) is -1.01. The second-order valence-corrected chi connectivity index (χ2v) is 7.59. The van der Waals surface area contributed by atoms with Crippen molar-refractivity contribution in [2.24, 2.45) is 5.92 Å². The number of piperidine rings is 1. The third kappa shape index (κ3) is 4.10. The van der Waals surface area contributed by atoms with Crippen molar-refractivity contribution in [2.45, 2.75) is 24.7 Å². The van der Waals surface area contributed by atoms with E-state index in [4.69, 9.17) is 4.74 Å². The molecule has 0 N–H and O–H groups in total. The summed E-state index contributed by atoms with van der Waals surface area (Å²) in [6.45, 7) is 2.81. The number of ether oxygens (including phenoxy) is 1. The average molecular weight is 339 g/mol. The van der Waals surface area contributed by atoms with Crippen LogP contribution in [0.5, 0.6) is 0 Å². The molecule has 1 heterocycles. The fourth-order valence-corrected chi connectivity index (χ4v) is 3.63. The van der Waals surface area contributed by atoms with Crippen LogP contribution in [-0.2, 0) is 19.4 Å². The highest BCUT2D eigenvalue weighted by Gasteiger charge is 2.31. The smallest absolute Gasteiger partial charge is 0.310 e. The molecular weight excluding hydrogens is 318 g/mol. The van der Waals surface area contributed by atoms with Gasteiger partial charge in [0, 0.05) is 19.3 Å². The Bertz CT molecular complexity index is 698. The zero-order chi connectivity index (χ0) is 17.0. The minimum atomic E-state index is -3.49. The molecule has 1 aliphatic heterocycles. The lowest BCUT2D eigenvalue weighted by Crippen LogP contribution is -2.43. The minimum Gasteiger partial charge on any atom is -0.466 e. The Balaban J connectivity index is 2.23. The van der Waals surface area contributed by atoms with Crippen molar-refractivity contribution in [1.82, 2.24) is 4.90 Å². The number of rotatable bonds is 4. The van der Waals surface area contributed by atoms with Gasteiger partial charge in [-0.1, -0.05) is 12.1 Å². The molecule has 23 heavy (non-hydrogen) atoms. The summed E-state index contributed by atoms with van der Waals surface area (Å²) in [4.78, 5) is 26.1. The molecule has 0 bridgehead atoms. The van der Waals surface area contributed by atoms with Crippen molar-refractivity contribution >= 4 is 21.7 Å². The molecule has 1 aliphatic rings. The lowest BCUT2D eigenvalue weighted by molar-refractivity contribution is -0.149. The Morgan fingerprint density at radius 2 is 2.00 bits per heavy atom. The maximum Gasteiger partial charge on any atom is 0.310 e. The van der Waals surface area contributed by atoms with Crippen molar-refractivity contribution in [3.05, 3.63) is 29.8 Å². The molecule has 0 radical (unpaired) electrons. The summed E-state index contributed by atoms with van der Waals surface area (Å²) < 4.78 is 28.7. The van der Waals surface area contributed by atoms with Gasteiger partial charge in [-0.15, -0.1) is 0 Å². The van der Waals surface area contributed by atoms with Crippen LogP contribution in [0.2, 0.25) is 0 Å². The molecule has 0 aliphatic carbocycles. The Morgan fingerprint density at radius 3 is 2.65 bits per heavy atom. The number of hydrogen-bond acceptors (Lipinski definition) is 5. The first-order valence-corrected chi connectivity index (χ1v) is 9.48. The highest BCUT2D eigenvalue weighted by Crippen LogP contribution is 2.23. The summed E-state index contributed by atoms with van der Waals surface area (Å²) >= 11 is 0. The third-order valence-corrected chi connectivity index (χ3v) is 5.00. The van der Waals surface area contributed by atoms with Crippen molar-refractivity contribution in [3.8, 4) is 0 Å². The van der Waals surface area contributed by atoms with Crippen LogP contribution in [0.1, 0.15) is 30.1 Å². The largest absolute Gasteiger partial charge is 0.466 e. The van der Waals surface area contributed by atoms with Gasteiger partial charge in [-0.3, -0.25) is 9.59 Å². The van der Waals surface area contributed by atoms with E-state index in [2.05, 4.69) is 0 Å². The van der Waals surface area contributed by atoms with E-state index in [0.717, 1.165) is 6.26 Å². The lowest BCUT2D eigenvalue weighted by atomic mass is 9.97. The van der Waals surface area contributed by atoms with Crippen LogP contribution < -0.4 is 0 Å². The summed E-state index contributed by atoms with van der Waals surface area (Å²) in [5, 5.41) is 0. The van der Waals surface area contributed by atoms with E-state index in [1.807, 2.05) is 0 Å². The summed E-state index contributed by atoms with van der Waals surface area (Å²) in [6.07, 6.45) is 2.45. The van der Waals surface area contributed by atoms with E-state index in [0.29, 0.717) is 26.0 Å². The topological polar surface area (TPSA) is 80.8 Å². The van der Waals surface area contributed by atoms with Gasteiger partial charge in [0.1, 0.15) is 0 Å². The zero-order valence-electron chi connectivity index (χ0n) is 13.3. The van der Waals surface area contributed by atoms with Crippen LogP contribution in [0.3, 0.4) is 0 Å². The summed E-state index contributed by atoms with van der Waals surface area (Å²) in [6, 6.07) is 6.15. The molecule has 1 amide bonds. The predicted octanol–water partition coefficient (Wildman–Crippen LogP) is 1.51. The second-order valence-electron chi connectivity index (χ2n) is 5.61. The van der Waals surface area contributed by atoms with Gasteiger partial charge in [0.25, 0.3) is 5.91 Å². The van der Waals surface area contributed by atoms with Crippen molar-refractivity contribution in [1.29, 1.82) is 0 Å². The van der Waals surface area contributed by atoms with Crippen molar-refractivity contribution < 1.29 is 22.7 Å². The van der Waals surface area contributed by atoms with Gasteiger partial charge in [-0.2, -0.15) is 0 Å². The highest BCUT2D eigenvalue weighted by molar-refractivity contribution is 7.90. The van der Waals surface area contributed by atoms with Gasteiger partial charge in [-0.25, -0.2) is 8.42 Å². The summed E-state index contributed by atoms with van der Waals surface area (Å²) in [7, 11) is -3.49. The van der Waals surface area contributed by atoms with Gasteiger partial charge < -0.3 is 9.64 Å². The number of hydrogen-bond donors (Lipinski definition) is 0. The Hall–Kier alpha value is -1.89. The third-order valence-electron chi connectivity index (χ3n) is 3.85. The Morgan fingerprint density at radius 1 is 1.30 bits per heavy atom. The van der Waals surface area contributed by atoms with E-state index >= 15 is 0 Å². The van der Waals surface area contributed by atoms with Gasteiger partial charge >= 0.3 is 5.97 Å². The Labute approximate surface area is 136 Å². The number of benzene rings is 1. The van der Waals surface area contributed by atoms with Gasteiger partial charge in [0.15, 0.2) is 9.84 Å². The zero-order valence-corrected chi connectivity index (χ0v) is 14.1. The maximum atomic E-state index is 12.7. The molecule has 1 fully saturated rings. The van der Waals surface area contributed by atoms with Crippen LogP contribution >= 0.6 is 0 Å². The molecule has 0 spiro atoms. The molecular formula is C16H21NO5S. The number of amides is 1. The second kappa shape index (κ2) is 7.12. The van der Waals surface area contributed by atoms with Gasteiger partial charge in [0.2, 0.25) is 0 Å². The maximum absolute atomic E-state index is 12.7. The lowest BCUT2D eigenvalue weighted by Gasteiger charge is -2.32. The van der Waals surface area contributed by atoms with Crippen LogP contribution in [-0.4, -0.2) is 51.1 Å². The van der Waals surface area contributed by atoms with Crippen molar-refractivity contribution in [3.63, 3.8) is 0 Å². The SMILES string of the molecule is CCOC(=O)[C@H]1CCCN(C(=O)c2ccccc2S(C)(=O)=O)C1. The first-order chi connectivity index (χ1) is 10.8. The molecule has 126 valence electrons. The molecule has 1 aromatic carbocycles. The highest BCUT2D eigenvalue weighted by atomic mass is 32.2. The van der Waals surface area contributed by atoms with Crippen LogP contribution in [0.25, 0.3) is 0 Å². The van der Waals surface area contributed by atoms with Gasteiger partial charge in [0.05, 0.1) is 23.0 Å². The molecule has 0 unspecified atom stereocenters. The number of sulfone groups is 1. The predicted molar refractivity (Wildman–Crippen MR) is 84.8 cm³/mol. The van der Waals surface area contributed by atoms with E-state index in [9.17, 15) is 18.0 Å². The van der Waals surface area contributed by atoms with E-state index in [1.165, 1.54) is 17.0 Å². The first-order valence-electron chi connectivity index (χ1n) is 7.59. The standard InChI is InChI=1S/C16H21NO5S/c1-3-22-16(19)12-7-6-10-17(11-12)15(18)13-8-4-5-9-14(13)23(2,20)21/h4-5,8-9,12H,3,6-7,10-11H2,1-2H3/t12-/m0/s1. The number of carbonyl (C=O) groups excluding carboxylic acids is 2. The molecule has 7 heteroatoms. The number of likely N-dealkylation sites (tertiary alicyclic amines) is 1. The number of carbonyl (C=O) groups is 2. The fraction of sp³-hybridized carbons (Fsp3) is 0.500. The quantitative estimate of drug-likeness (QED) is 0.777. The van der Waals surface area contributed by atoms with Gasteiger partial charge in [-0.05, 0) is 31.9 Å². The van der Waals surface area contributed by atoms with Crippen LogP contribution in [0.4, 0.5) is 0 Å². The molecule has 1 saturated heterocycles. The fourth-order valence-electron chi connectivity index (χ4n) is 2.75. The molecule has 6 nitrogen and oxygen atoms in total. The molecule has 2 rings (SSSR count). The molecule has 1 aromatic rings. The minimum absolute atomic E-state index is 0.0169. The molecule has 0 saturated carbocycles. The average Bonchev–Trinajstić information content (AvgIpc) is 2.54. The van der Waals surface area contributed by atoms with Crippen LogP contribution in [0, 0.1) is 5.92 Å². The molecule has 0 aromatic heterocycles. The summed E-state index contributed by atoms with van der Waals surface area (Å²) in [5.41, 5.74) is 0.152. The normalized spacial score (nSPS) is 18.5. The van der Waals surface area contributed by atoms with Crippen molar-refractivity contribution in [2.75, 3.05) is 26.0 Å². The van der Waals surface area contributed by atoms with Crippen LogP contribution in [0.15, 0.2) is 29.2 Å². The number of esters is 1. The monoisotopic (exact) mass is 339 g/mol. The number of nitrogens with zero attached hydrogens (tertiary/aromatic N) is 1. The van der Waals surface area contributed by atoms with E-state index < -0.39 is 9.84 Å². The Kier molecular flexibility index (Phi) is 5.41. The van der Waals surface area contributed by atoms with E-state index in [-0.39, 0.29) is 34.8 Å². The molecule has 1 atom stereocenters. The van der Waals surface area contributed by atoms with E-state index in [1.54, 1.807) is 19.1 Å².